The number of nitrogen functional groups attached to an aromatic ring is 1. The van der Waals surface area contributed by atoms with Crippen molar-refractivity contribution in [3.8, 4) is 11.5 Å². The van der Waals surface area contributed by atoms with Gasteiger partial charge in [0, 0.05) is 0 Å². The monoisotopic (exact) mass is 418 g/mol. The number of ether oxygens (including phenoxy) is 3. The van der Waals surface area contributed by atoms with Crippen molar-refractivity contribution in [1.29, 1.82) is 0 Å². The number of amides is 1. The van der Waals surface area contributed by atoms with E-state index in [1.165, 1.54) is 18.2 Å². The summed E-state index contributed by atoms with van der Waals surface area (Å²) in [4.78, 5) is 24.5. The van der Waals surface area contributed by atoms with Gasteiger partial charge in [0.1, 0.15) is 13.2 Å². The number of carbonyl (C=O) groups excluding carboxylic acids is 2. The Morgan fingerprint density at radius 1 is 1.14 bits per heavy atom. The number of anilines is 1. The maximum atomic E-state index is 12.4. The summed E-state index contributed by atoms with van der Waals surface area (Å²) < 4.78 is 16.3. The van der Waals surface area contributed by atoms with Crippen molar-refractivity contribution < 1.29 is 23.8 Å². The highest BCUT2D eigenvalue weighted by Gasteiger charge is 2.22. The Morgan fingerprint density at radius 3 is 2.55 bits per heavy atom. The Bertz CT molecular complexity index is 916. The van der Waals surface area contributed by atoms with Crippen LogP contribution in [-0.2, 0) is 9.53 Å². The number of esters is 1. The molecule has 154 valence electrons. The van der Waals surface area contributed by atoms with Crippen LogP contribution in [0.3, 0.4) is 0 Å². The van der Waals surface area contributed by atoms with Gasteiger partial charge in [-0.15, -0.1) is 0 Å². The lowest BCUT2D eigenvalue weighted by Crippen LogP contribution is -2.35. The zero-order valence-corrected chi connectivity index (χ0v) is 17.0. The third-order valence-corrected chi connectivity index (χ3v) is 4.82. The Labute approximate surface area is 174 Å². The summed E-state index contributed by atoms with van der Waals surface area (Å²) in [5, 5.41) is 3.25. The second-order valence-corrected chi connectivity index (χ2v) is 7.41. The van der Waals surface area contributed by atoms with Crippen LogP contribution in [0.5, 0.6) is 11.5 Å². The van der Waals surface area contributed by atoms with Gasteiger partial charge in [0.15, 0.2) is 18.1 Å². The van der Waals surface area contributed by atoms with Gasteiger partial charge in [-0.3, -0.25) is 4.79 Å². The van der Waals surface area contributed by atoms with Crippen LogP contribution in [0.2, 0.25) is 5.02 Å². The third kappa shape index (κ3) is 5.12. The molecule has 0 fully saturated rings. The van der Waals surface area contributed by atoms with Gasteiger partial charge in [-0.25, -0.2) is 4.79 Å². The molecule has 0 aromatic heterocycles. The molecule has 1 atom stereocenters. The smallest absolute Gasteiger partial charge is 0.338 e. The van der Waals surface area contributed by atoms with Crippen LogP contribution in [0.4, 0.5) is 5.69 Å². The Kier molecular flexibility index (Phi) is 6.49. The fraction of sp³-hybridized carbons (Fsp3) is 0.333. The summed E-state index contributed by atoms with van der Waals surface area (Å²) in [7, 11) is 0. The summed E-state index contributed by atoms with van der Waals surface area (Å²) in [5.74, 6) is 0.386. The average molecular weight is 419 g/mol. The van der Waals surface area contributed by atoms with E-state index in [0.717, 1.165) is 5.56 Å². The number of fused-ring (bicyclic) bond motifs is 1. The molecule has 0 saturated heterocycles. The number of rotatable bonds is 6. The molecule has 0 radical (unpaired) electrons. The second-order valence-electron chi connectivity index (χ2n) is 7.00. The molecule has 3 rings (SSSR count). The van der Waals surface area contributed by atoms with Gasteiger partial charge < -0.3 is 25.3 Å². The van der Waals surface area contributed by atoms with E-state index in [4.69, 9.17) is 31.5 Å². The maximum absolute atomic E-state index is 12.4. The van der Waals surface area contributed by atoms with Gasteiger partial charge >= 0.3 is 5.97 Å². The quantitative estimate of drug-likeness (QED) is 0.551. The Balaban J connectivity index is 1.62. The molecule has 0 unspecified atom stereocenters. The molecule has 1 aliphatic heterocycles. The Morgan fingerprint density at radius 2 is 1.86 bits per heavy atom. The highest BCUT2D eigenvalue weighted by Crippen LogP contribution is 2.34. The van der Waals surface area contributed by atoms with E-state index in [9.17, 15) is 9.59 Å². The predicted octanol–water partition coefficient (Wildman–Crippen LogP) is 3.36. The number of hydrogen-bond acceptors (Lipinski definition) is 6. The van der Waals surface area contributed by atoms with Crippen LogP contribution >= 0.6 is 11.6 Å². The molecule has 1 heterocycles. The second kappa shape index (κ2) is 9.05. The zero-order valence-electron chi connectivity index (χ0n) is 16.2. The largest absolute Gasteiger partial charge is 0.486 e. The van der Waals surface area contributed by atoms with Crippen LogP contribution < -0.4 is 20.5 Å². The molecule has 3 N–H and O–H groups in total. The van der Waals surface area contributed by atoms with Gasteiger partial charge in [-0.2, -0.15) is 0 Å². The third-order valence-electron chi connectivity index (χ3n) is 4.47. The van der Waals surface area contributed by atoms with Gasteiger partial charge in [0.05, 0.1) is 22.3 Å². The molecule has 0 saturated carbocycles. The SMILES string of the molecule is CC(C)[C@@H](NC(=O)COC(=O)c1ccc(Cl)c(N)c1)c1ccc2c(c1)OCCO2. The summed E-state index contributed by atoms with van der Waals surface area (Å²) >= 11 is 5.84. The van der Waals surface area contributed by atoms with Crippen molar-refractivity contribution in [2.45, 2.75) is 19.9 Å². The van der Waals surface area contributed by atoms with Crippen molar-refractivity contribution in [3.63, 3.8) is 0 Å². The molecule has 0 spiro atoms. The van der Waals surface area contributed by atoms with E-state index in [2.05, 4.69) is 5.32 Å². The van der Waals surface area contributed by atoms with Crippen molar-refractivity contribution >= 4 is 29.2 Å². The zero-order chi connectivity index (χ0) is 21.0. The lowest BCUT2D eigenvalue weighted by atomic mass is 9.95. The van der Waals surface area contributed by atoms with E-state index < -0.39 is 18.5 Å². The Hall–Kier alpha value is -2.93. The molecular formula is C21H23ClN2O5. The number of nitrogens with two attached hydrogens (primary N) is 1. The molecule has 2 aromatic carbocycles. The van der Waals surface area contributed by atoms with Crippen LogP contribution in [0, 0.1) is 5.92 Å². The summed E-state index contributed by atoms with van der Waals surface area (Å²) in [6.45, 7) is 4.57. The van der Waals surface area contributed by atoms with Crippen LogP contribution in [0.25, 0.3) is 0 Å². The molecule has 7 nitrogen and oxygen atoms in total. The number of benzene rings is 2. The van der Waals surface area contributed by atoms with E-state index in [1.807, 2.05) is 32.0 Å². The van der Waals surface area contributed by atoms with E-state index in [-0.39, 0.29) is 23.2 Å². The van der Waals surface area contributed by atoms with Crippen LogP contribution in [0.1, 0.15) is 35.8 Å². The topological polar surface area (TPSA) is 99.9 Å². The van der Waals surface area contributed by atoms with Crippen molar-refractivity contribution in [2.75, 3.05) is 25.6 Å². The molecule has 1 amide bonds. The molecule has 1 aliphatic rings. The van der Waals surface area contributed by atoms with E-state index in [0.29, 0.717) is 29.7 Å². The highest BCUT2D eigenvalue weighted by atomic mass is 35.5. The van der Waals surface area contributed by atoms with Crippen LogP contribution in [0.15, 0.2) is 36.4 Å². The standard InChI is InChI=1S/C21H23ClN2O5/c1-12(2)20(13-4-6-17-18(10-13)28-8-7-27-17)24-19(25)11-29-21(26)14-3-5-15(22)16(23)9-14/h3-6,9-10,12,20H,7-8,11,23H2,1-2H3,(H,24,25)/t20-/m1/s1. The number of nitrogens with one attached hydrogen (secondary N) is 1. The number of hydrogen-bond donors (Lipinski definition) is 2. The summed E-state index contributed by atoms with van der Waals surface area (Å²) in [5.41, 5.74) is 7.07. The molecule has 29 heavy (non-hydrogen) atoms. The van der Waals surface area contributed by atoms with E-state index >= 15 is 0 Å². The van der Waals surface area contributed by atoms with Crippen molar-refractivity contribution in [3.05, 3.63) is 52.5 Å². The first-order valence-corrected chi connectivity index (χ1v) is 9.64. The molecule has 0 bridgehead atoms. The molecule has 0 aliphatic carbocycles. The lowest BCUT2D eigenvalue weighted by Gasteiger charge is -2.25. The van der Waals surface area contributed by atoms with Gasteiger partial charge in [0.2, 0.25) is 0 Å². The fourth-order valence-electron chi connectivity index (χ4n) is 2.99. The molecular weight excluding hydrogens is 396 g/mol. The average Bonchev–Trinajstić information content (AvgIpc) is 2.71. The highest BCUT2D eigenvalue weighted by molar-refractivity contribution is 6.33. The van der Waals surface area contributed by atoms with Crippen LogP contribution in [-0.4, -0.2) is 31.7 Å². The fourth-order valence-corrected chi connectivity index (χ4v) is 3.11. The first-order valence-electron chi connectivity index (χ1n) is 9.26. The number of carbonyl (C=O) groups is 2. The maximum Gasteiger partial charge on any atom is 0.338 e. The first kappa shape index (κ1) is 20.8. The van der Waals surface area contributed by atoms with Gasteiger partial charge in [-0.05, 0) is 41.8 Å². The van der Waals surface area contributed by atoms with Gasteiger partial charge in [0.25, 0.3) is 5.91 Å². The van der Waals surface area contributed by atoms with E-state index in [1.54, 1.807) is 0 Å². The van der Waals surface area contributed by atoms with Crippen molar-refractivity contribution in [1.82, 2.24) is 5.32 Å². The minimum absolute atomic E-state index is 0.105. The molecule has 2 aromatic rings. The number of halogens is 1. The summed E-state index contributed by atoms with van der Waals surface area (Å²) in [6.07, 6.45) is 0. The van der Waals surface area contributed by atoms with Crippen molar-refractivity contribution in [2.24, 2.45) is 5.92 Å². The predicted molar refractivity (Wildman–Crippen MR) is 109 cm³/mol. The minimum Gasteiger partial charge on any atom is -0.486 e. The minimum atomic E-state index is -0.649. The first-order chi connectivity index (χ1) is 13.8. The lowest BCUT2D eigenvalue weighted by molar-refractivity contribution is -0.125. The normalized spacial score (nSPS) is 13.7. The molecule has 8 heteroatoms. The summed E-state index contributed by atoms with van der Waals surface area (Å²) in [6, 6.07) is 9.71. The van der Waals surface area contributed by atoms with Gasteiger partial charge in [-0.1, -0.05) is 31.5 Å².